The minimum atomic E-state index is 0.418. The highest BCUT2D eigenvalue weighted by atomic mass is 16.5. The molecule has 0 aliphatic carbocycles. The van der Waals surface area contributed by atoms with Crippen molar-refractivity contribution in [1.82, 2.24) is 9.55 Å². The molecule has 5 nitrogen and oxygen atoms in total. The third-order valence-corrected chi connectivity index (χ3v) is 2.86. The molecule has 0 aliphatic heterocycles. The molecule has 0 saturated heterocycles. The third kappa shape index (κ3) is 3.06. The highest BCUT2D eigenvalue weighted by Crippen LogP contribution is 2.31. The SMILES string of the molecule is CCOc1cccc(CN)c1OCc1cncn1C. The van der Waals surface area contributed by atoms with Crippen molar-refractivity contribution >= 4 is 0 Å². The van der Waals surface area contributed by atoms with Crippen LogP contribution < -0.4 is 15.2 Å². The summed E-state index contributed by atoms with van der Waals surface area (Å²) in [7, 11) is 1.93. The predicted octanol–water partition coefficient (Wildman–Crippen LogP) is 1.86. The van der Waals surface area contributed by atoms with Crippen LogP contribution in [-0.4, -0.2) is 16.2 Å². The minimum Gasteiger partial charge on any atom is -0.490 e. The molecule has 0 atom stereocenters. The summed E-state index contributed by atoms with van der Waals surface area (Å²) >= 11 is 0. The zero-order chi connectivity index (χ0) is 13.7. The molecule has 0 amide bonds. The normalized spacial score (nSPS) is 10.5. The first-order valence-electron chi connectivity index (χ1n) is 6.29. The summed E-state index contributed by atoms with van der Waals surface area (Å²) in [5.74, 6) is 1.45. The fourth-order valence-electron chi connectivity index (χ4n) is 1.82. The first-order valence-corrected chi connectivity index (χ1v) is 6.29. The number of rotatable bonds is 6. The maximum atomic E-state index is 5.87. The second kappa shape index (κ2) is 6.24. The van der Waals surface area contributed by atoms with E-state index >= 15 is 0 Å². The van der Waals surface area contributed by atoms with Crippen LogP contribution in [0.1, 0.15) is 18.2 Å². The van der Waals surface area contributed by atoms with E-state index < -0.39 is 0 Å². The van der Waals surface area contributed by atoms with Crippen LogP contribution in [0.5, 0.6) is 11.5 Å². The molecule has 0 aliphatic rings. The number of aryl methyl sites for hydroxylation is 1. The van der Waals surface area contributed by atoms with Gasteiger partial charge in [0.05, 0.1) is 24.8 Å². The van der Waals surface area contributed by atoms with E-state index in [2.05, 4.69) is 4.98 Å². The number of hydrogen-bond acceptors (Lipinski definition) is 4. The van der Waals surface area contributed by atoms with Gasteiger partial charge in [-0.05, 0) is 13.0 Å². The zero-order valence-electron chi connectivity index (χ0n) is 11.3. The molecule has 102 valence electrons. The molecule has 2 N–H and O–H groups in total. The number of para-hydroxylation sites is 1. The zero-order valence-corrected chi connectivity index (χ0v) is 11.3. The molecule has 0 unspecified atom stereocenters. The Morgan fingerprint density at radius 1 is 1.32 bits per heavy atom. The quantitative estimate of drug-likeness (QED) is 0.862. The standard InChI is InChI=1S/C14H19N3O2/c1-3-18-13-6-4-5-11(7-15)14(13)19-9-12-8-16-10-17(12)2/h4-6,8,10H,3,7,9,15H2,1-2H3. The molecule has 0 bridgehead atoms. The second-order valence-corrected chi connectivity index (χ2v) is 4.17. The lowest BCUT2D eigenvalue weighted by molar-refractivity contribution is 0.261. The Kier molecular flexibility index (Phi) is 4.41. The van der Waals surface area contributed by atoms with Gasteiger partial charge < -0.3 is 19.8 Å². The number of nitrogens with zero attached hydrogens (tertiary/aromatic N) is 2. The lowest BCUT2D eigenvalue weighted by Gasteiger charge is -2.15. The first-order chi connectivity index (χ1) is 9.26. The van der Waals surface area contributed by atoms with Crippen LogP contribution >= 0.6 is 0 Å². The fourth-order valence-corrected chi connectivity index (χ4v) is 1.82. The molecule has 0 fully saturated rings. The molecular formula is C14H19N3O2. The predicted molar refractivity (Wildman–Crippen MR) is 73.0 cm³/mol. The summed E-state index contributed by atoms with van der Waals surface area (Å²) < 4.78 is 13.4. The fraction of sp³-hybridized carbons (Fsp3) is 0.357. The first kappa shape index (κ1) is 13.4. The number of hydrogen-bond donors (Lipinski definition) is 1. The van der Waals surface area contributed by atoms with Crippen molar-refractivity contribution in [3.63, 3.8) is 0 Å². The summed E-state index contributed by atoms with van der Waals surface area (Å²) in [4.78, 5) is 4.06. The van der Waals surface area contributed by atoms with E-state index in [1.54, 1.807) is 12.5 Å². The topological polar surface area (TPSA) is 62.3 Å². The van der Waals surface area contributed by atoms with Crippen LogP contribution in [0, 0.1) is 0 Å². The molecule has 0 radical (unpaired) electrons. The minimum absolute atomic E-state index is 0.418. The molecule has 1 aromatic carbocycles. The number of benzene rings is 1. The van der Waals surface area contributed by atoms with Crippen LogP contribution in [0.2, 0.25) is 0 Å². The molecule has 0 saturated carbocycles. The molecule has 2 aromatic rings. The second-order valence-electron chi connectivity index (χ2n) is 4.17. The molecular weight excluding hydrogens is 242 g/mol. The Bertz CT molecular complexity index is 537. The van der Waals surface area contributed by atoms with Gasteiger partial charge in [0.25, 0.3) is 0 Å². The van der Waals surface area contributed by atoms with Crippen LogP contribution in [0.3, 0.4) is 0 Å². The average Bonchev–Trinajstić information content (AvgIpc) is 2.83. The molecule has 2 rings (SSSR count). The maximum Gasteiger partial charge on any atom is 0.166 e. The molecule has 5 heteroatoms. The summed E-state index contributed by atoms with van der Waals surface area (Å²) in [5, 5.41) is 0. The van der Waals surface area contributed by atoms with Gasteiger partial charge in [-0.1, -0.05) is 12.1 Å². The number of imidazole rings is 1. The van der Waals surface area contributed by atoms with E-state index in [9.17, 15) is 0 Å². The van der Waals surface area contributed by atoms with Gasteiger partial charge in [-0.15, -0.1) is 0 Å². The van der Waals surface area contributed by atoms with Gasteiger partial charge >= 0.3 is 0 Å². The van der Waals surface area contributed by atoms with E-state index in [4.69, 9.17) is 15.2 Å². The lowest BCUT2D eigenvalue weighted by atomic mass is 10.2. The van der Waals surface area contributed by atoms with Crippen molar-refractivity contribution in [3.8, 4) is 11.5 Å². The highest BCUT2D eigenvalue weighted by Gasteiger charge is 2.11. The summed E-state index contributed by atoms with van der Waals surface area (Å²) in [6.45, 7) is 3.39. The summed E-state index contributed by atoms with van der Waals surface area (Å²) in [5.41, 5.74) is 7.67. The molecule has 0 spiro atoms. The molecule has 19 heavy (non-hydrogen) atoms. The number of aromatic nitrogens is 2. The van der Waals surface area contributed by atoms with Crippen molar-refractivity contribution in [3.05, 3.63) is 42.0 Å². The Hall–Kier alpha value is -2.01. The van der Waals surface area contributed by atoms with Gasteiger partial charge in [0, 0.05) is 19.2 Å². The number of nitrogens with two attached hydrogens (primary N) is 1. The van der Waals surface area contributed by atoms with Crippen molar-refractivity contribution < 1.29 is 9.47 Å². The maximum absolute atomic E-state index is 5.87. The van der Waals surface area contributed by atoms with Crippen LogP contribution in [0.25, 0.3) is 0 Å². The molecule has 1 heterocycles. The smallest absolute Gasteiger partial charge is 0.166 e. The van der Waals surface area contributed by atoms with Crippen LogP contribution in [0.4, 0.5) is 0 Å². The van der Waals surface area contributed by atoms with E-state index in [0.717, 1.165) is 17.0 Å². The van der Waals surface area contributed by atoms with Gasteiger partial charge in [-0.3, -0.25) is 0 Å². The van der Waals surface area contributed by atoms with Crippen molar-refractivity contribution in [2.75, 3.05) is 6.61 Å². The van der Waals surface area contributed by atoms with E-state index in [-0.39, 0.29) is 0 Å². The van der Waals surface area contributed by atoms with E-state index in [1.165, 1.54) is 0 Å². The average molecular weight is 261 g/mol. The van der Waals surface area contributed by atoms with Crippen LogP contribution in [-0.2, 0) is 20.2 Å². The van der Waals surface area contributed by atoms with Gasteiger partial charge in [-0.25, -0.2) is 4.98 Å². The number of ether oxygens (including phenoxy) is 2. The highest BCUT2D eigenvalue weighted by molar-refractivity contribution is 5.46. The van der Waals surface area contributed by atoms with Crippen molar-refractivity contribution in [2.45, 2.75) is 20.1 Å². The summed E-state index contributed by atoms with van der Waals surface area (Å²) in [6, 6.07) is 5.76. The Morgan fingerprint density at radius 2 is 2.16 bits per heavy atom. The lowest BCUT2D eigenvalue weighted by Crippen LogP contribution is -2.07. The largest absolute Gasteiger partial charge is 0.490 e. The monoisotopic (exact) mass is 261 g/mol. The molecule has 1 aromatic heterocycles. The third-order valence-electron chi connectivity index (χ3n) is 2.86. The van der Waals surface area contributed by atoms with Crippen LogP contribution in [0.15, 0.2) is 30.7 Å². The Labute approximate surface area is 113 Å². The Morgan fingerprint density at radius 3 is 2.79 bits per heavy atom. The van der Waals surface area contributed by atoms with Crippen molar-refractivity contribution in [1.29, 1.82) is 0 Å². The van der Waals surface area contributed by atoms with Gasteiger partial charge in [0.15, 0.2) is 11.5 Å². The van der Waals surface area contributed by atoms with Gasteiger partial charge in [0.1, 0.15) is 6.61 Å². The van der Waals surface area contributed by atoms with E-state index in [0.29, 0.717) is 25.5 Å². The van der Waals surface area contributed by atoms with E-state index in [1.807, 2.05) is 36.7 Å². The summed E-state index contributed by atoms with van der Waals surface area (Å²) in [6.07, 6.45) is 3.53. The van der Waals surface area contributed by atoms with Gasteiger partial charge in [-0.2, -0.15) is 0 Å². The Balaban J connectivity index is 2.20. The van der Waals surface area contributed by atoms with Gasteiger partial charge in [0.2, 0.25) is 0 Å². The van der Waals surface area contributed by atoms with Crippen molar-refractivity contribution in [2.24, 2.45) is 12.8 Å².